The second-order valence-corrected chi connectivity index (χ2v) is 10.9. The molecule has 2 aromatic carbocycles. The molecule has 0 saturated carbocycles. The van der Waals surface area contributed by atoms with Gasteiger partial charge in [0.2, 0.25) is 5.91 Å². The van der Waals surface area contributed by atoms with E-state index in [0.29, 0.717) is 0 Å². The monoisotopic (exact) mass is 656 g/mol. The highest BCUT2D eigenvalue weighted by Gasteiger charge is 2.51. The van der Waals surface area contributed by atoms with Crippen molar-refractivity contribution < 1.29 is 62.3 Å². The average molecular weight is 657 g/mol. The Bertz CT molecular complexity index is 1470. The van der Waals surface area contributed by atoms with Crippen molar-refractivity contribution in [3.05, 3.63) is 59.7 Å². The lowest BCUT2D eigenvalue weighted by atomic mass is 9.96. The average Bonchev–Trinajstić information content (AvgIpc) is 3.32. The number of carbonyl (C=O) groups excluding carboxylic acids is 5. The Hall–Kier alpha value is -5.02. The van der Waals surface area contributed by atoms with Crippen LogP contribution in [0.2, 0.25) is 0 Å². The highest BCUT2D eigenvalue weighted by atomic mass is 16.7. The van der Waals surface area contributed by atoms with Crippen molar-refractivity contribution in [2.24, 2.45) is 0 Å². The molecule has 0 radical (unpaired) electrons. The third-order valence-electron chi connectivity index (χ3n) is 7.43. The van der Waals surface area contributed by atoms with Crippen molar-refractivity contribution in [3.63, 3.8) is 0 Å². The van der Waals surface area contributed by atoms with Gasteiger partial charge in [-0.15, -0.1) is 0 Å². The normalized spacial score (nSPS) is 22.1. The van der Waals surface area contributed by atoms with Crippen molar-refractivity contribution in [3.8, 4) is 11.1 Å². The number of amides is 2. The Balaban J connectivity index is 1.48. The first-order valence-corrected chi connectivity index (χ1v) is 14.7. The fourth-order valence-electron chi connectivity index (χ4n) is 5.58. The number of nitrogens with one attached hydrogen (secondary N) is 2. The number of carboxylic acid groups (broad SMARTS) is 1. The zero-order chi connectivity index (χ0) is 34.2. The van der Waals surface area contributed by atoms with Gasteiger partial charge in [0.05, 0.1) is 6.61 Å². The largest absolute Gasteiger partial charge is 0.480 e. The molecular weight excluding hydrogens is 620 g/mol. The second kappa shape index (κ2) is 15.5. The number of carboxylic acids is 1. The molecule has 2 aliphatic rings. The van der Waals surface area contributed by atoms with Crippen LogP contribution >= 0.6 is 0 Å². The van der Waals surface area contributed by atoms with Gasteiger partial charge in [-0.05, 0) is 22.3 Å². The first kappa shape index (κ1) is 34.8. The van der Waals surface area contributed by atoms with E-state index in [4.69, 9.17) is 28.4 Å². The van der Waals surface area contributed by atoms with E-state index < -0.39 is 85.8 Å². The van der Waals surface area contributed by atoms with Crippen LogP contribution in [0.1, 0.15) is 44.7 Å². The molecule has 15 nitrogen and oxygen atoms in total. The standard InChI is InChI=1S/C32H36N2O13/c1-16(35)33-27-29(46-19(4)38)28(45-18(3)37)26(15-42-17(2)36)47-31(27)43-14-25(30(39)40)34-32(41)44-13-24-22-11-7-5-9-20(22)21-10-6-8-12-23(21)24/h5-12,24-29,31H,13-15H2,1-4H3,(H,33,35)(H,34,41)(H,39,40)/t25-,26-,27-,28+,29-,31+/m1/s1. The molecule has 15 heteroatoms. The van der Waals surface area contributed by atoms with Gasteiger partial charge >= 0.3 is 30.0 Å². The molecular formula is C32H36N2O13. The van der Waals surface area contributed by atoms with Crippen LogP contribution in [-0.4, -0.2) is 97.5 Å². The van der Waals surface area contributed by atoms with E-state index in [2.05, 4.69) is 10.6 Å². The van der Waals surface area contributed by atoms with Crippen LogP contribution < -0.4 is 10.6 Å². The molecule has 3 N–H and O–H groups in total. The zero-order valence-corrected chi connectivity index (χ0v) is 26.1. The van der Waals surface area contributed by atoms with Gasteiger partial charge in [0.1, 0.15) is 25.4 Å². The van der Waals surface area contributed by atoms with E-state index in [0.717, 1.165) is 49.9 Å². The van der Waals surface area contributed by atoms with E-state index >= 15 is 0 Å². The number of hydrogen-bond acceptors (Lipinski definition) is 12. The number of aliphatic carboxylic acids is 1. The van der Waals surface area contributed by atoms with Gasteiger partial charge in [-0.3, -0.25) is 19.2 Å². The molecule has 0 aromatic heterocycles. The first-order valence-electron chi connectivity index (χ1n) is 14.7. The summed E-state index contributed by atoms with van der Waals surface area (Å²) in [5.74, 6) is -4.65. The van der Waals surface area contributed by atoms with Gasteiger partial charge in [-0.1, -0.05) is 48.5 Å². The lowest BCUT2D eigenvalue weighted by Gasteiger charge is -2.45. The van der Waals surface area contributed by atoms with Crippen LogP contribution in [0.15, 0.2) is 48.5 Å². The van der Waals surface area contributed by atoms with E-state index in [9.17, 15) is 33.9 Å². The molecule has 1 fully saturated rings. The number of ether oxygens (including phenoxy) is 6. The number of rotatable bonds is 12. The summed E-state index contributed by atoms with van der Waals surface area (Å²) in [4.78, 5) is 72.6. The minimum absolute atomic E-state index is 0.0666. The van der Waals surface area contributed by atoms with Crippen LogP contribution in [0, 0.1) is 0 Å². The van der Waals surface area contributed by atoms with E-state index in [1.165, 1.54) is 0 Å². The third-order valence-corrected chi connectivity index (χ3v) is 7.43. The minimum Gasteiger partial charge on any atom is -0.480 e. The molecule has 6 atom stereocenters. The number of benzene rings is 2. The summed E-state index contributed by atoms with van der Waals surface area (Å²) >= 11 is 0. The highest BCUT2D eigenvalue weighted by molar-refractivity contribution is 5.81. The summed E-state index contributed by atoms with van der Waals surface area (Å²) in [6.45, 7) is 3.23. The fraction of sp³-hybridized carbons (Fsp3) is 0.438. The van der Waals surface area contributed by atoms with Crippen LogP contribution in [0.3, 0.4) is 0 Å². The van der Waals surface area contributed by atoms with Crippen molar-refractivity contribution in [2.75, 3.05) is 19.8 Å². The zero-order valence-electron chi connectivity index (χ0n) is 26.1. The SMILES string of the molecule is CC(=O)N[C@H]1[C@@H](OC[C@@H](NC(=O)OCC2c3ccccc3-c3ccccc32)C(=O)O)O[C@H](COC(C)=O)[C@H](OC(C)=O)[C@@H]1OC(C)=O. The van der Waals surface area contributed by atoms with Crippen molar-refractivity contribution in [1.82, 2.24) is 10.6 Å². The maximum absolute atomic E-state index is 12.8. The predicted octanol–water partition coefficient (Wildman–Crippen LogP) is 1.65. The number of fused-ring (bicyclic) bond motifs is 3. The molecule has 1 aliphatic carbocycles. The maximum Gasteiger partial charge on any atom is 0.407 e. The molecule has 2 aromatic rings. The van der Waals surface area contributed by atoms with E-state index in [1.54, 1.807) is 0 Å². The number of carbonyl (C=O) groups is 6. The predicted molar refractivity (Wildman–Crippen MR) is 160 cm³/mol. The van der Waals surface area contributed by atoms with Crippen molar-refractivity contribution >= 4 is 35.9 Å². The van der Waals surface area contributed by atoms with Gasteiger partial charge < -0.3 is 44.2 Å². The van der Waals surface area contributed by atoms with Gasteiger partial charge in [0, 0.05) is 33.6 Å². The molecule has 2 amide bonds. The molecule has 1 saturated heterocycles. The number of alkyl carbamates (subject to hydrolysis) is 1. The summed E-state index contributed by atoms with van der Waals surface area (Å²) in [6, 6.07) is 12.5. The maximum atomic E-state index is 12.8. The number of esters is 3. The highest BCUT2D eigenvalue weighted by Crippen LogP contribution is 2.44. The molecule has 1 heterocycles. The second-order valence-electron chi connectivity index (χ2n) is 10.9. The van der Waals surface area contributed by atoms with Crippen LogP contribution in [-0.2, 0) is 52.4 Å². The number of hydrogen-bond donors (Lipinski definition) is 3. The Morgan fingerprint density at radius 3 is 1.89 bits per heavy atom. The first-order chi connectivity index (χ1) is 22.3. The Labute approximate surface area is 269 Å². The topological polar surface area (TPSA) is 202 Å². The smallest absolute Gasteiger partial charge is 0.407 e. The Morgan fingerprint density at radius 1 is 0.787 bits per heavy atom. The lowest BCUT2D eigenvalue weighted by molar-refractivity contribution is -0.278. The van der Waals surface area contributed by atoms with Crippen molar-refractivity contribution in [2.45, 2.75) is 70.3 Å². The van der Waals surface area contributed by atoms with Gasteiger partial charge in [-0.2, -0.15) is 0 Å². The minimum atomic E-state index is -1.66. The molecule has 1 aliphatic heterocycles. The Kier molecular flexibility index (Phi) is 11.5. The Morgan fingerprint density at radius 2 is 1.36 bits per heavy atom. The van der Waals surface area contributed by atoms with E-state index in [1.807, 2.05) is 48.5 Å². The van der Waals surface area contributed by atoms with Gasteiger partial charge in [-0.25, -0.2) is 9.59 Å². The molecule has 0 spiro atoms. The van der Waals surface area contributed by atoms with Crippen LogP contribution in [0.4, 0.5) is 4.79 Å². The summed E-state index contributed by atoms with van der Waals surface area (Å²) in [5, 5.41) is 14.6. The molecule has 0 unspecified atom stereocenters. The molecule has 252 valence electrons. The molecule has 47 heavy (non-hydrogen) atoms. The van der Waals surface area contributed by atoms with Gasteiger partial charge in [0.15, 0.2) is 24.5 Å². The summed E-state index contributed by atoms with van der Waals surface area (Å²) in [5.41, 5.74) is 3.97. The van der Waals surface area contributed by atoms with Crippen LogP contribution in [0.5, 0.6) is 0 Å². The van der Waals surface area contributed by atoms with Crippen molar-refractivity contribution in [1.29, 1.82) is 0 Å². The fourth-order valence-corrected chi connectivity index (χ4v) is 5.58. The third kappa shape index (κ3) is 8.83. The lowest BCUT2D eigenvalue weighted by Crippen LogP contribution is -2.67. The molecule has 0 bridgehead atoms. The van der Waals surface area contributed by atoms with Crippen LogP contribution in [0.25, 0.3) is 11.1 Å². The summed E-state index contributed by atoms with van der Waals surface area (Å²) < 4.78 is 32.8. The van der Waals surface area contributed by atoms with Gasteiger partial charge in [0.25, 0.3) is 0 Å². The quantitative estimate of drug-likeness (QED) is 0.220. The van der Waals surface area contributed by atoms with E-state index in [-0.39, 0.29) is 12.5 Å². The summed E-state index contributed by atoms with van der Waals surface area (Å²) in [7, 11) is 0. The molecule has 4 rings (SSSR count). The summed E-state index contributed by atoms with van der Waals surface area (Å²) in [6.07, 6.45) is -6.58.